The molecule has 1 atom stereocenters. The average molecular weight is 374 g/mol. The van der Waals surface area contributed by atoms with Crippen molar-refractivity contribution >= 4 is 11.7 Å². The van der Waals surface area contributed by atoms with Crippen molar-refractivity contribution in [3.05, 3.63) is 17.6 Å². The van der Waals surface area contributed by atoms with E-state index in [1.165, 1.54) is 5.56 Å². The number of nitrogens with zero attached hydrogens (tertiary/aromatic N) is 6. The first kappa shape index (κ1) is 18.6. The Labute approximate surface area is 161 Å². The van der Waals surface area contributed by atoms with Gasteiger partial charge in [0.15, 0.2) is 0 Å². The largest absolute Gasteiger partial charge is 0.378 e. The fourth-order valence-corrected chi connectivity index (χ4v) is 4.27. The van der Waals surface area contributed by atoms with Gasteiger partial charge in [0.25, 0.3) is 0 Å². The lowest BCUT2D eigenvalue weighted by molar-refractivity contribution is -0.133. The van der Waals surface area contributed by atoms with Gasteiger partial charge in [0.05, 0.1) is 32.0 Å². The van der Waals surface area contributed by atoms with E-state index in [0.29, 0.717) is 19.1 Å². The molecule has 2 saturated heterocycles. The van der Waals surface area contributed by atoms with Crippen molar-refractivity contribution in [1.82, 2.24) is 24.7 Å². The molecule has 1 aromatic rings. The number of fused-ring (bicyclic) bond motifs is 1. The van der Waals surface area contributed by atoms with Crippen LogP contribution in [0.4, 0.5) is 5.82 Å². The van der Waals surface area contributed by atoms with Gasteiger partial charge in [-0.2, -0.15) is 0 Å². The van der Waals surface area contributed by atoms with Crippen molar-refractivity contribution in [2.75, 3.05) is 71.5 Å². The van der Waals surface area contributed by atoms with E-state index in [2.05, 4.69) is 38.8 Å². The molecule has 4 rings (SSSR count). The predicted octanol–water partition coefficient (Wildman–Crippen LogP) is -0.166. The standard InChI is InChI=1S/C19H30N6O2/c1-22(2)15-3-5-23(11-15)13-18(26)25-6-4-16-17(12-25)20-14-21-19(16)24-7-9-27-10-8-24/h14-15H,3-13H2,1-2H3. The highest BCUT2D eigenvalue weighted by Gasteiger charge is 2.30. The quantitative estimate of drug-likeness (QED) is 0.725. The van der Waals surface area contributed by atoms with Gasteiger partial charge < -0.3 is 19.4 Å². The molecule has 0 bridgehead atoms. The molecule has 1 amide bonds. The van der Waals surface area contributed by atoms with Crippen molar-refractivity contribution < 1.29 is 9.53 Å². The van der Waals surface area contributed by atoms with Crippen LogP contribution in [-0.2, 0) is 22.5 Å². The third kappa shape index (κ3) is 4.07. The third-order valence-corrected chi connectivity index (χ3v) is 5.98. The van der Waals surface area contributed by atoms with E-state index in [1.54, 1.807) is 6.33 Å². The monoisotopic (exact) mass is 374 g/mol. The van der Waals surface area contributed by atoms with Crippen LogP contribution in [0.5, 0.6) is 0 Å². The Kier molecular flexibility index (Phi) is 5.56. The number of carbonyl (C=O) groups is 1. The SMILES string of the molecule is CN(C)C1CCN(CC(=O)N2CCc3c(ncnc3N3CCOCC3)C2)C1. The lowest BCUT2D eigenvalue weighted by Gasteiger charge is -2.34. The number of amides is 1. The van der Waals surface area contributed by atoms with E-state index in [-0.39, 0.29) is 5.91 Å². The van der Waals surface area contributed by atoms with Crippen molar-refractivity contribution in [2.45, 2.75) is 25.4 Å². The van der Waals surface area contributed by atoms with Crippen LogP contribution in [0.15, 0.2) is 6.33 Å². The van der Waals surface area contributed by atoms with Crippen LogP contribution in [0, 0.1) is 0 Å². The maximum Gasteiger partial charge on any atom is 0.237 e. The van der Waals surface area contributed by atoms with Gasteiger partial charge in [-0.3, -0.25) is 9.69 Å². The summed E-state index contributed by atoms with van der Waals surface area (Å²) in [4.78, 5) is 30.6. The molecule has 1 aromatic heterocycles. The lowest BCUT2D eigenvalue weighted by Crippen LogP contribution is -2.44. The van der Waals surface area contributed by atoms with E-state index in [1.807, 2.05) is 4.90 Å². The minimum Gasteiger partial charge on any atom is -0.378 e. The zero-order valence-corrected chi connectivity index (χ0v) is 16.4. The van der Waals surface area contributed by atoms with Gasteiger partial charge in [-0.15, -0.1) is 0 Å². The number of aromatic nitrogens is 2. The maximum atomic E-state index is 12.8. The van der Waals surface area contributed by atoms with Crippen LogP contribution in [0.2, 0.25) is 0 Å². The molecule has 0 spiro atoms. The zero-order chi connectivity index (χ0) is 18.8. The highest BCUT2D eigenvalue weighted by molar-refractivity contribution is 5.78. The molecule has 27 heavy (non-hydrogen) atoms. The summed E-state index contributed by atoms with van der Waals surface area (Å²) in [6.07, 6.45) is 3.61. The van der Waals surface area contributed by atoms with E-state index in [4.69, 9.17) is 4.74 Å². The summed E-state index contributed by atoms with van der Waals surface area (Å²) in [5, 5.41) is 0. The lowest BCUT2D eigenvalue weighted by atomic mass is 10.0. The normalized spacial score (nSPS) is 23.7. The van der Waals surface area contributed by atoms with Gasteiger partial charge in [-0.1, -0.05) is 0 Å². The molecular weight excluding hydrogens is 344 g/mol. The summed E-state index contributed by atoms with van der Waals surface area (Å²) >= 11 is 0. The highest BCUT2D eigenvalue weighted by atomic mass is 16.5. The smallest absolute Gasteiger partial charge is 0.237 e. The number of carbonyl (C=O) groups excluding carboxylic acids is 1. The van der Waals surface area contributed by atoms with Crippen molar-refractivity contribution in [3.8, 4) is 0 Å². The molecule has 0 saturated carbocycles. The molecule has 0 aromatic carbocycles. The molecule has 2 fully saturated rings. The van der Waals surface area contributed by atoms with E-state index in [9.17, 15) is 4.79 Å². The molecule has 148 valence electrons. The summed E-state index contributed by atoms with van der Waals surface area (Å²) < 4.78 is 5.45. The van der Waals surface area contributed by atoms with Crippen LogP contribution in [0.3, 0.4) is 0 Å². The molecule has 0 N–H and O–H groups in total. The summed E-state index contributed by atoms with van der Waals surface area (Å²) in [7, 11) is 4.23. The fraction of sp³-hybridized carbons (Fsp3) is 0.737. The second-order valence-electron chi connectivity index (χ2n) is 7.93. The third-order valence-electron chi connectivity index (χ3n) is 5.98. The second-order valence-corrected chi connectivity index (χ2v) is 7.93. The first-order chi connectivity index (χ1) is 13.1. The van der Waals surface area contributed by atoms with Crippen LogP contribution >= 0.6 is 0 Å². The van der Waals surface area contributed by atoms with Gasteiger partial charge >= 0.3 is 0 Å². The van der Waals surface area contributed by atoms with E-state index in [0.717, 1.165) is 70.3 Å². The summed E-state index contributed by atoms with van der Waals surface area (Å²) in [5.74, 6) is 1.25. The molecule has 3 aliphatic heterocycles. The average Bonchev–Trinajstić information content (AvgIpc) is 3.16. The number of hydrogen-bond acceptors (Lipinski definition) is 7. The topological polar surface area (TPSA) is 65.0 Å². The van der Waals surface area contributed by atoms with Crippen molar-refractivity contribution in [3.63, 3.8) is 0 Å². The Morgan fingerprint density at radius 1 is 1.22 bits per heavy atom. The summed E-state index contributed by atoms with van der Waals surface area (Å²) in [6, 6.07) is 0.559. The van der Waals surface area contributed by atoms with Crippen LogP contribution in [0.25, 0.3) is 0 Å². The Bertz CT molecular complexity index is 676. The fourth-order valence-electron chi connectivity index (χ4n) is 4.27. The first-order valence-corrected chi connectivity index (χ1v) is 9.94. The number of morpholine rings is 1. The first-order valence-electron chi connectivity index (χ1n) is 9.94. The molecule has 8 heteroatoms. The Hall–Kier alpha value is -1.77. The minimum atomic E-state index is 0.214. The molecule has 8 nitrogen and oxygen atoms in total. The molecular formula is C19H30N6O2. The Balaban J connectivity index is 1.39. The van der Waals surface area contributed by atoms with E-state index < -0.39 is 0 Å². The number of rotatable bonds is 4. The Morgan fingerprint density at radius 2 is 2.04 bits per heavy atom. The van der Waals surface area contributed by atoms with Gasteiger partial charge in [-0.05, 0) is 26.9 Å². The van der Waals surface area contributed by atoms with Gasteiger partial charge in [0.1, 0.15) is 12.1 Å². The van der Waals surface area contributed by atoms with Gasteiger partial charge in [0.2, 0.25) is 5.91 Å². The number of hydrogen-bond donors (Lipinski definition) is 0. The molecule has 0 aliphatic carbocycles. The number of likely N-dealkylation sites (tertiary alicyclic amines) is 1. The van der Waals surface area contributed by atoms with Crippen LogP contribution < -0.4 is 4.90 Å². The highest BCUT2D eigenvalue weighted by Crippen LogP contribution is 2.26. The van der Waals surface area contributed by atoms with Crippen molar-refractivity contribution in [1.29, 1.82) is 0 Å². The van der Waals surface area contributed by atoms with Crippen LogP contribution in [-0.4, -0.2) is 103 Å². The summed E-state index contributed by atoms with van der Waals surface area (Å²) in [6.45, 7) is 7.07. The Morgan fingerprint density at radius 3 is 2.78 bits per heavy atom. The predicted molar refractivity (Wildman–Crippen MR) is 103 cm³/mol. The molecule has 0 radical (unpaired) electrons. The molecule has 4 heterocycles. The number of ether oxygens (including phenoxy) is 1. The van der Waals surface area contributed by atoms with Gasteiger partial charge in [0, 0.05) is 44.3 Å². The number of likely N-dealkylation sites (N-methyl/N-ethyl adjacent to an activating group) is 1. The second kappa shape index (κ2) is 8.08. The zero-order valence-electron chi connectivity index (χ0n) is 16.4. The van der Waals surface area contributed by atoms with Crippen molar-refractivity contribution in [2.24, 2.45) is 0 Å². The molecule has 1 unspecified atom stereocenters. The molecule has 3 aliphatic rings. The van der Waals surface area contributed by atoms with Gasteiger partial charge in [-0.25, -0.2) is 9.97 Å². The van der Waals surface area contributed by atoms with E-state index >= 15 is 0 Å². The van der Waals surface area contributed by atoms with Crippen LogP contribution in [0.1, 0.15) is 17.7 Å². The minimum absolute atomic E-state index is 0.214. The number of anilines is 1. The maximum absolute atomic E-state index is 12.8. The summed E-state index contributed by atoms with van der Waals surface area (Å²) in [5.41, 5.74) is 2.20.